The summed E-state index contributed by atoms with van der Waals surface area (Å²) in [5.41, 5.74) is -0.167. The Morgan fingerprint density at radius 3 is 2.31 bits per heavy atom. The molecular weight excluding hydrogens is 238 g/mol. The summed E-state index contributed by atoms with van der Waals surface area (Å²) in [4.78, 5) is 10.8. The first kappa shape index (κ1) is 12.9. The second-order valence-electron chi connectivity index (χ2n) is 2.94. The molecule has 0 aliphatic rings. The Morgan fingerprint density at radius 1 is 1.44 bits per heavy atom. The molecule has 0 saturated heterocycles. The van der Waals surface area contributed by atoms with Crippen molar-refractivity contribution in [2.24, 2.45) is 0 Å². The second-order valence-corrected chi connectivity index (χ2v) is 3.76. The van der Waals surface area contributed by atoms with Crippen LogP contribution in [-0.2, 0) is 9.53 Å². The number of thioether (sulfide) groups is 1. The Balaban J connectivity index is 3.13. The van der Waals surface area contributed by atoms with E-state index in [1.165, 1.54) is 6.26 Å². The molecule has 1 N–H and O–H groups in total. The van der Waals surface area contributed by atoms with Gasteiger partial charge in [0.25, 0.3) is 0 Å². The lowest BCUT2D eigenvalue weighted by Crippen LogP contribution is -2.14. The molecule has 0 heterocycles. The summed E-state index contributed by atoms with van der Waals surface area (Å²) in [6.07, 6.45) is -0.150. The number of halogens is 2. The summed E-state index contributed by atoms with van der Waals surface area (Å²) < 4.78 is 30.9. The first-order valence-electron chi connectivity index (χ1n) is 4.30. The number of benzene rings is 1. The Hall–Kier alpha value is -1.14. The summed E-state index contributed by atoms with van der Waals surface area (Å²) in [5, 5.41) is 9.39. The quantitative estimate of drug-likeness (QED) is 0.655. The number of carbonyl (C=O) groups excluding carboxylic acids is 1. The van der Waals surface area contributed by atoms with E-state index in [0.717, 1.165) is 31.0 Å². The van der Waals surface area contributed by atoms with Gasteiger partial charge in [-0.15, -0.1) is 11.8 Å². The fraction of sp³-hybridized carbons (Fsp3) is 0.300. The Kier molecular flexibility index (Phi) is 4.26. The highest BCUT2D eigenvalue weighted by atomic mass is 32.2. The predicted molar refractivity (Wildman–Crippen MR) is 55.1 cm³/mol. The van der Waals surface area contributed by atoms with Gasteiger partial charge in [0.05, 0.1) is 12.0 Å². The van der Waals surface area contributed by atoms with Crippen LogP contribution in [0.15, 0.2) is 17.0 Å². The molecule has 0 bridgehead atoms. The summed E-state index contributed by atoms with van der Waals surface area (Å²) in [6, 6.07) is 1.83. The van der Waals surface area contributed by atoms with Gasteiger partial charge in [0.15, 0.2) is 6.10 Å². The van der Waals surface area contributed by atoms with Gasteiger partial charge in [0.1, 0.15) is 11.6 Å². The smallest absolute Gasteiger partial charge is 0.339 e. The van der Waals surface area contributed by atoms with Crippen LogP contribution in [0.3, 0.4) is 0 Å². The molecule has 1 rings (SSSR count). The van der Waals surface area contributed by atoms with Gasteiger partial charge in [0, 0.05) is 0 Å². The van der Waals surface area contributed by atoms with Gasteiger partial charge in [-0.3, -0.25) is 0 Å². The number of rotatable bonds is 3. The molecule has 0 spiro atoms. The number of hydrogen-bond donors (Lipinski definition) is 1. The van der Waals surface area contributed by atoms with Crippen LogP contribution in [0.5, 0.6) is 0 Å². The molecule has 6 heteroatoms. The lowest BCUT2D eigenvalue weighted by Gasteiger charge is -2.10. The van der Waals surface area contributed by atoms with Gasteiger partial charge in [-0.05, 0) is 24.0 Å². The average Bonchev–Trinajstić information content (AvgIpc) is 2.26. The largest absolute Gasteiger partial charge is 0.467 e. The Morgan fingerprint density at radius 2 is 1.94 bits per heavy atom. The molecule has 0 radical (unpaired) electrons. The van der Waals surface area contributed by atoms with E-state index >= 15 is 0 Å². The lowest BCUT2D eigenvalue weighted by atomic mass is 10.1. The number of ether oxygens (including phenoxy) is 1. The molecule has 16 heavy (non-hydrogen) atoms. The summed E-state index contributed by atoms with van der Waals surface area (Å²) in [6.45, 7) is 0. The summed E-state index contributed by atoms with van der Waals surface area (Å²) >= 11 is 0.909. The minimum Gasteiger partial charge on any atom is -0.467 e. The zero-order valence-corrected chi connectivity index (χ0v) is 9.48. The van der Waals surface area contributed by atoms with E-state index in [1.807, 2.05) is 0 Å². The van der Waals surface area contributed by atoms with Crippen molar-refractivity contribution < 1.29 is 23.4 Å². The molecular formula is C10H10F2O3S. The van der Waals surface area contributed by atoms with Crippen molar-refractivity contribution in [1.82, 2.24) is 0 Å². The van der Waals surface area contributed by atoms with E-state index in [2.05, 4.69) is 4.74 Å². The topological polar surface area (TPSA) is 46.5 Å². The first-order chi connectivity index (χ1) is 7.51. The summed E-state index contributed by atoms with van der Waals surface area (Å²) in [5.74, 6) is -2.59. The third-order valence-corrected chi connectivity index (χ3v) is 2.76. The number of aliphatic hydroxyl groups excluding tert-OH is 1. The molecule has 0 aromatic heterocycles. The van der Waals surface area contributed by atoms with Crippen molar-refractivity contribution in [2.75, 3.05) is 13.4 Å². The highest BCUT2D eigenvalue weighted by Crippen LogP contribution is 2.27. The zero-order chi connectivity index (χ0) is 12.3. The summed E-state index contributed by atoms with van der Waals surface area (Å²) in [7, 11) is 1.08. The van der Waals surface area contributed by atoms with Crippen LogP contribution < -0.4 is 0 Å². The molecule has 0 fully saturated rings. The molecule has 3 nitrogen and oxygen atoms in total. The third kappa shape index (κ3) is 2.51. The third-order valence-electron chi connectivity index (χ3n) is 1.96. The van der Waals surface area contributed by atoms with E-state index in [0.29, 0.717) is 0 Å². The molecule has 88 valence electrons. The van der Waals surface area contributed by atoms with Crippen LogP contribution >= 0.6 is 11.8 Å². The van der Waals surface area contributed by atoms with Crippen LogP contribution in [0.1, 0.15) is 11.7 Å². The number of carbonyl (C=O) groups is 1. The highest BCUT2D eigenvalue weighted by molar-refractivity contribution is 7.98. The van der Waals surface area contributed by atoms with Crippen molar-refractivity contribution >= 4 is 17.7 Å². The minimum absolute atomic E-state index is 0.152. The lowest BCUT2D eigenvalue weighted by molar-refractivity contribution is -0.150. The van der Waals surface area contributed by atoms with Gasteiger partial charge >= 0.3 is 5.97 Å². The maximum Gasteiger partial charge on any atom is 0.339 e. The average molecular weight is 248 g/mol. The molecule has 0 aliphatic heterocycles. The van der Waals surface area contributed by atoms with Gasteiger partial charge < -0.3 is 9.84 Å². The normalized spacial score (nSPS) is 12.3. The maximum absolute atomic E-state index is 13.3. The van der Waals surface area contributed by atoms with E-state index < -0.39 is 23.7 Å². The van der Waals surface area contributed by atoms with Gasteiger partial charge in [0.2, 0.25) is 0 Å². The van der Waals surface area contributed by atoms with Crippen molar-refractivity contribution in [1.29, 1.82) is 0 Å². The maximum atomic E-state index is 13.3. The van der Waals surface area contributed by atoms with Crippen LogP contribution in [0.25, 0.3) is 0 Å². The molecule has 0 saturated carbocycles. The first-order valence-corrected chi connectivity index (χ1v) is 5.52. The molecule has 0 aliphatic carbocycles. The Labute approximate surface area is 95.4 Å². The van der Waals surface area contributed by atoms with Crippen molar-refractivity contribution in [2.45, 2.75) is 11.0 Å². The van der Waals surface area contributed by atoms with E-state index in [4.69, 9.17) is 0 Å². The zero-order valence-electron chi connectivity index (χ0n) is 8.66. The molecule has 1 unspecified atom stereocenters. The van der Waals surface area contributed by atoms with Gasteiger partial charge in [-0.25, -0.2) is 13.6 Å². The van der Waals surface area contributed by atoms with Crippen LogP contribution in [0, 0.1) is 11.6 Å². The molecule has 1 aromatic rings. The number of methoxy groups -OCH3 is 1. The van der Waals surface area contributed by atoms with Crippen molar-refractivity contribution in [3.8, 4) is 0 Å². The van der Waals surface area contributed by atoms with Crippen molar-refractivity contribution in [3.63, 3.8) is 0 Å². The minimum atomic E-state index is -1.68. The van der Waals surface area contributed by atoms with E-state index in [1.54, 1.807) is 0 Å². The number of aliphatic hydroxyl groups is 1. The highest BCUT2D eigenvalue weighted by Gasteiger charge is 2.21. The monoisotopic (exact) mass is 248 g/mol. The van der Waals surface area contributed by atoms with Crippen molar-refractivity contribution in [3.05, 3.63) is 29.3 Å². The predicted octanol–water partition coefficient (Wildman–Crippen LogP) is 1.89. The van der Waals surface area contributed by atoms with E-state index in [-0.39, 0.29) is 10.5 Å². The Bertz CT molecular complexity index is 386. The molecule has 1 aromatic carbocycles. The van der Waals surface area contributed by atoms with Gasteiger partial charge in [-0.2, -0.15) is 0 Å². The molecule has 1 atom stereocenters. The number of hydrogen-bond acceptors (Lipinski definition) is 4. The van der Waals surface area contributed by atoms with Crippen LogP contribution in [0.2, 0.25) is 0 Å². The fourth-order valence-electron chi connectivity index (χ4n) is 1.18. The van der Waals surface area contributed by atoms with Gasteiger partial charge in [-0.1, -0.05) is 0 Å². The SMILES string of the molecule is COC(=O)C(O)c1cc(F)c(SC)c(F)c1. The second kappa shape index (κ2) is 5.27. The number of esters is 1. The van der Waals surface area contributed by atoms with Crippen LogP contribution in [0.4, 0.5) is 8.78 Å². The van der Waals surface area contributed by atoms with Crippen LogP contribution in [-0.4, -0.2) is 24.4 Å². The molecule has 0 amide bonds. The fourth-order valence-corrected chi connectivity index (χ4v) is 1.69. The standard InChI is InChI=1S/C10H10F2O3S/c1-15-10(14)8(13)5-3-6(11)9(16-2)7(12)4-5/h3-4,8,13H,1-2H3. The van der Waals surface area contributed by atoms with E-state index in [9.17, 15) is 18.7 Å².